The zero-order chi connectivity index (χ0) is 13.1. The molecule has 5 nitrogen and oxygen atoms in total. The summed E-state index contributed by atoms with van der Waals surface area (Å²) >= 11 is 1.11. The summed E-state index contributed by atoms with van der Waals surface area (Å²) in [6.45, 7) is 1.65. The number of hydrogen-bond donors (Lipinski definition) is 1. The van der Waals surface area contributed by atoms with Gasteiger partial charge >= 0.3 is 5.97 Å². The lowest BCUT2D eigenvalue weighted by atomic mass is 10.2. The maximum Gasteiger partial charge on any atom is 0.347 e. The Bertz CT molecular complexity index is 571. The predicted octanol–water partition coefficient (Wildman–Crippen LogP) is 2.56. The Morgan fingerprint density at radius 2 is 2.28 bits per heavy atom. The molecule has 0 radical (unpaired) electrons. The summed E-state index contributed by atoms with van der Waals surface area (Å²) in [7, 11) is 0. The molecule has 2 heterocycles. The minimum Gasteiger partial charge on any atom is -0.477 e. The number of thiazole rings is 1. The molecule has 6 heteroatoms. The number of ketones is 1. The second-order valence-electron chi connectivity index (χ2n) is 3.73. The number of carbonyl (C=O) groups excluding carboxylic acids is 1. The first-order chi connectivity index (χ1) is 8.58. The molecule has 0 atom stereocenters. The molecule has 18 heavy (non-hydrogen) atoms. The number of aryl methyl sites for hydroxylation is 2. The first-order valence-corrected chi connectivity index (χ1v) is 6.16. The number of nitrogens with zero attached hydrogens (tertiary/aromatic N) is 1. The maximum atomic E-state index is 11.7. The number of carboxylic acid groups (broad SMARTS) is 1. The van der Waals surface area contributed by atoms with Crippen LogP contribution in [0.2, 0.25) is 0 Å². The molecule has 2 aromatic rings. The zero-order valence-corrected chi connectivity index (χ0v) is 10.5. The van der Waals surface area contributed by atoms with Crippen molar-refractivity contribution in [1.82, 2.24) is 4.98 Å². The molecule has 1 N–H and O–H groups in total. The van der Waals surface area contributed by atoms with Crippen molar-refractivity contribution in [2.75, 3.05) is 0 Å². The lowest BCUT2D eigenvalue weighted by Crippen LogP contribution is -1.99. The number of carbonyl (C=O) groups is 2. The van der Waals surface area contributed by atoms with Crippen LogP contribution in [0.15, 0.2) is 22.8 Å². The Balaban J connectivity index is 2.01. The molecular formula is C12H11NO4S. The van der Waals surface area contributed by atoms with Gasteiger partial charge in [0.05, 0.1) is 17.0 Å². The third-order valence-electron chi connectivity index (χ3n) is 2.40. The highest BCUT2D eigenvalue weighted by Gasteiger charge is 2.15. The van der Waals surface area contributed by atoms with Crippen LogP contribution in [0, 0.1) is 6.92 Å². The van der Waals surface area contributed by atoms with Crippen molar-refractivity contribution in [3.8, 4) is 0 Å². The van der Waals surface area contributed by atoms with Gasteiger partial charge in [-0.2, -0.15) is 0 Å². The smallest absolute Gasteiger partial charge is 0.347 e. The molecule has 0 saturated heterocycles. The van der Waals surface area contributed by atoms with Gasteiger partial charge in [0.2, 0.25) is 0 Å². The Hall–Kier alpha value is -1.95. The highest BCUT2D eigenvalue weighted by Crippen LogP contribution is 2.20. The van der Waals surface area contributed by atoms with Crippen molar-refractivity contribution in [2.45, 2.75) is 19.8 Å². The Morgan fingerprint density at radius 3 is 2.83 bits per heavy atom. The number of rotatable bonds is 5. The van der Waals surface area contributed by atoms with Crippen molar-refractivity contribution >= 4 is 23.1 Å². The third kappa shape index (κ3) is 2.65. The van der Waals surface area contributed by atoms with Crippen LogP contribution < -0.4 is 0 Å². The van der Waals surface area contributed by atoms with Crippen LogP contribution >= 0.6 is 11.3 Å². The summed E-state index contributed by atoms with van der Waals surface area (Å²) in [6, 6.07) is 3.27. The Morgan fingerprint density at radius 1 is 1.50 bits per heavy atom. The largest absolute Gasteiger partial charge is 0.477 e. The molecule has 0 unspecified atom stereocenters. The summed E-state index contributed by atoms with van der Waals surface area (Å²) < 4.78 is 4.99. The van der Waals surface area contributed by atoms with Crippen LogP contribution in [0.3, 0.4) is 0 Å². The maximum absolute atomic E-state index is 11.7. The summed E-state index contributed by atoms with van der Waals surface area (Å²) in [5.74, 6) is -0.764. The average molecular weight is 265 g/mol. The number of aromatic carboxylic acids is 1. The van der Waals surface area contributed by atoms with Crippen molar-refractivity contribution in [2.24, 2.45) is 0 Å². The third-order valence-corrected chi connectivity index (χ3v) is 3.60. The quantitative estimate of drug-likeness (QED) is 0.840. The van der Waals surface area contributed by atoms with Gasteiger partial charge in [0.25, 0.3) is 0 Å². The number of carboxylic acids is 1. The van der Waals surface area contributed by atoms with Crippen LogP contribution in [0.1, 0.15) is 37.3 Å². The van der Waals surface area contributed by atoms with Crippen LogP contribution in [-0.4, -0.2) is 21.8 Å². The Labute approximate surface area is 107 Å². The van der Waals surface area contributed by atoms with Crippen molar-refractivity contribution < 1.29 is 19.1 Å². The molecule has 0 aromatic carbocycles. The molecular weight excluding hydrogens is 254 g/mol. The first kappa shape index (κ1) is 12.5. The van der Waals surface area contributed by atoms with Gasteiger partial charge in [0.15, 0.2) is 11.5 Å². The van der Waals surface area contributed by atoms with Gasteiger partial charge in [0.1, 0.15) is 4.88 Å². The number of hydrogen-bond acceptors (Lipinski definition) is 5. The van der Waals surface area contributed by atoms with Gasteiger partial charge in [-0.3, -0.25) is 4.79 Å². The van der Waals surface area contributed by atoms with E-state index in [1.165, 1.54) is 6.26 Å². The minimum absolute atomic E-state index is 0.107. The second-order valence-corrected chi connectivity index (χ2v) is 4.81. The van der Waals surface area contributed by atoms with Gasteiger partial charge < -0.3 is 9.52 Å². The van der Waals surface area contributed by atoms with E-state index in [2.05, 4.69) is 4.98 Å². The monoisotopic (exact) mass is 265 g/mol. The highest BCUT2D eigenvalue weighted by atomic mass is 32.1. The van der Waals surface area contributed by atoms with Gasteiger partial charge in [-0.1, -0.05) is 0 Å². The average Bonchev–Trinajstić information content (AvgIpc) is 2.94. The molecule has 2 aromatic heterocycles. The fraction of sp³-hybridized carbons (Fsp3) is 0.250. The van der Waals surface area contributed by atoms with Gasteiger partial charge in [0, 0.05) is 12.8 Å². The first-order valence-electron chi connectivity index (χ1n) is 5.34. The molecule has 0 aliphatic rings. The van der Waals surface area contributed by atoms with Gasteiger partial charge in [-0.15, -0.1) is 11.3 Å². The SMILES string of the molecule is Cc1nc(CCC(=O)c2ccco2)sc1C(=O)O. The molecule has 0 spiro atoms. The van der Waals surface area contributed by atoms with Crippen molar-refractivity contribution in [1.29, 1.82) is 0 Å². The number of Topliss-reactive ketones (excluding diaryl/α,β-unsaturated/α-hetero) is 1. The van der Waals surface area contributed by atoms with E-state index in [1.54, 1.807) is 19.1 Å². The topological polar surface area (TPSA) is 80.4 Å². The minimum atomic E-state index is -0.978. The molecule has 0 aliphatic carbocycles. The van der Waals surface area contributed by atoms with E-state index in [1.807, 2.05) is 0 Å². The van der Waals surface area contributed by atoms with E-state index < -0.39 is 5.97 Å². The zero-order valence-electron chi connectivity index (χ0n) is 9.67. The lowest BCUT2D eigenvalue weighted by Gasteiger charge is -1.94. The van der Waals surface area contributed by atoms with E-state index in [0.717, 1.165) is 11.3 Å². The summed E-state index contributed by atoms with van der Waals surface area (Å²) in [4.78, 5) is 26.9. The molecule has 0 bridgehead atoms. The van der Waals surface area contributed by atoms with Crippen molar-refractivity contribution in [3.05, 3.63) is 39.7 Å². The summed E-state index contributed by atoms with van der Waals surface area (Å²) in [6.07, 6.45) is 2.14. The van der Waals surface area contributed by atoms with Crippen LogP contribution in [0.4, 0.5) is 0 Å². The van der Waals surface area contributed by atoms with E-state index in [9.17, 15) is 9.59 Å². The molecule has 2 rings (SSSR count). The van der Waals surface area contributed by atoms with Gasteiger partial charge in [-0.25, -0.2) is 9.78 Å². The predicted molar refractivity (Wildman–Crippen MR) is 65.2 cm³/mol. The molecule has 0 saturated carbocycles. The summed E-state index contributed by atoms with van der Waals surface area (Å²) in [5, 5.41) is 9.55. The Kier molecular flexibility index (Phi) is 3.57. The normalized spacial score (nSPS) is 10.5. The van der Waals surface area contributed by atoms with E-state index >= 15 is 0 Å². The fourth-order valence-corrected chi connectivity index (χ4v) is 2.44. The molecule has 0 fully saturated rings. The van der Waals surface area contributed by atoms with E-state index in [-0.39, 0.29) is 17.1 Å². The summed E-state index contributed by atoms with van der Waals surface area (Å²) in [5.41, 5.74) is 0.493. The molecule has 94 valence electrons. The molecule has 0 amide bonds. The standard InChI is InChI=1S/C12H11NO4S/c1-7-11(12(15)16)18-10(13-7)5-4-8(14)9-3-2-6-17-9/h2-3,6H,4-5H2,1H3,(H,15,16). The van der Waals surface area contributed by atoms with Crippen LogP contribution in [-0.2, 0) is 6.42 Å². The van der Waals surface area contributed by atoms with Crippen LogP contribution in [0.5, 0.6) is 0 Å². The van der Waals surface area contributed by atoms with Crippen molar-refractivity contribution in [3.63, 3.8) is 0 Å². The molecule has 0 aliphatic heterocycles. The fourth-order valence-electron chi connectivity index (χ4n) is 1.54. The lowest BCUT2D eigenvalue weighted by molar-refractivity contribution is 0.0701. The van der Waals surface area contributed by atoms with Gasteiger partial charge in [-0.05, 0) is 19.1 Å². The van der Waals surface area contributed by atoms with Crippen LogP contribution in [0.25, 0.3) is 0 Å². The number of aromatic nitrogens is 1. The number of furan rings is 1. The van der Waals surface area contributed by atoms with E-state index in [4.69, 9.17) is 9.52 Å². The van der Waals surface area contributed by atoms with E-state index in [0.29, 0.717) is 22.9 Å². The second kappa shape index (κ2) is 5.14. The highest BCUT2D eigenvalue weighted by molar-refractivity contribution is 7.13.